The van der Waals surface area contributed by atoms with Gasteiger partial charge in [-0.25, -0.2) is 0 Å². The number of thiophene rings is 1. The average Bonchev–Trinajstić information content (AvgIpc) is 3.92. The van der Waals surface area contributed by atoms with Crippen molar-refractivity contribution in [1.82, 2.24) is 0 Å². The molecule has 9 aliphatic rings. The molecule has 0 atom stereocenters. The third-order valence-electron chi connectivity index (χ3n) is 9.87. The van der Waals surface area contributed by atoms with E-state index in [0.717, 1.165) is 113 Å². The van der Waals surface area contributed by atoms with E-state index in [2.05, 4.69) is 13.8 Å². The molecule has 0 bridgehead atoms. The van der Waals surface area contributed by atoms with E-state index in [4.69, 9.17) is 47.4 Å². The fourth-order valence-electron chi connectivity index (χ4n) is 7.94. The fourth-order valence-corrected chi connectivity index (χ4v) is 9.02. The van der Waals surface area contributed by atoms with Crippen molar-refractivity contribution in [2.24, 2.45) is 0 Å². The van der Waals surface area contributed by atoms with E-state index in [1.54, 1.807) is 11.3 Å². The lowest BCUT2D eigenvalue weighted by molar-refractivity contribution is 0.0552. The van der Waals surface area contributed by atoms with E-state index in [-0.39, 0.29) is 0 Å². The molecule has 4 aliphatic carbocycles. The van der Waals surface area contributed by atoms with Gasteiger partial charge in [0.25, 0.3) is 0 Å². The molecule has 0 N–H and O–H groups in total. The first-order chi connectivity index (χ1) is 23.2. The van der Waals surface area contributed by atoms with Crippen molar-refractivity contribution in [3.63, 3.8) is 0 Å². The maximum Gasteiger partial charge on any atom is 0.180 e. The normalized spacial score (nSPS) is 24.6. The van der Waals surface area contributed by atoms with Crippen LogP contribution in [0.3, 0.4) is 0 Å². The lowest BCUT2D eigenvalue weighted by atomic mass is 9.93. The number of allylic oxidation sites excluding steroid dienone is 8. The number of hydrogen-bond acceptors (Lipinski definition) is 11. The Morgan fingerprint density at radius 2 is 0.660 bits per heavy atom. The zero-order valence-corrected chi connectivity index (χ0v) is 27.2. The second-order valence-electron chi connectivity index (χ2n) is 12.6. The van der Waals surface area contributed by atoms with Gasteiger partial charge >= 0.3 is 0 Å². The summed E-state index contributed by atoms with van der Waals surface area (Å²) in [6.07, 6.45) is 2.66. The summed E-state index contributed by atoms with van der Waals surface area (Å²) < 4.78 is 62.6. The minimum Gasteiger partial charge on any atom is -0.486 e. The van der Waals surface area contributed by atoms with Crippen molar-refractivity contribution in [3.8, 4) is 11.5 Å². The van der Waals surface area contributed by atoms with Crippen LogP contribution in [0.4, 0.5) is 0 Å². The smallest absolute Gasteiger partial charge is 0.180 e. The van der Waals surface area contributed by atoms with Crippen molar-refractivity contribution in [2.75, 3.05) is 66.1 Å². The van der Waals surface area contributed by atoms with Crippen LogP contribution in [0, 0.1) is 6.92 Å². The van der Waals surface area contributed by atoms with Crippen molar-refractivity contribution >= 4 is 16.9 Å². The Morgan fingerprint density at radius 1 is 0.340 bits per heavy atom. The van der Waals surface area contributed by atoms with Gasteiger partial charge in [-0.05, 0) is 19.4 Å². The third kappa shape index (κ3) is 4.07. The Bertz CT molecular complexity index is 1910. The minimum atomic E-state index is 0.479. The lowest BCUT2D eigenvalue weighted by Crippen LogP contribution is -2.16. The van der Waals surface area contributed by atoms with Crippen LogP contribution in [0.5, 0.6) is 11.5 Å². The summed E-state index contributed by atoms with van der Waals surface area (Å²) in [5.41, 5.74) is 8.73. The van der Waals surface area contributed by atoms with Gasteiger partial charge in [-0.2, -0.15) is 0 Å². The van der Waals surface area contributed by atoms with E-state index < -0.39 is 0 Å². The highest BCUT2D eigenvalue weighted by Crippen LogP contribution is 2.57. The monoisotopic (exact) mass is 658 g/mol. The van der Waals surface area contributed by atoms with E-state index in [9.17, 15) is 0 Å². The zero-order chi connectivity index (χ0) is 31.2. The summed E-state index contributed by atoms with van der Waals surface area (Å²) in [6.45, 7) is 9.29. The molecule has 4 fully saturated rings. The Balaban J connectivity index is 1.02. The van der Waals surface area contributed by atoms with Gasteiger partial charge in [0.05, 0.1) is 4.88 Å². The molecule has 11 heteroatoms. The predicted molar refractivity (Wildman–Crippen MR) is 168 cm³/mol. The highest BCUT2D eigenvalue weighted by Gasteiger charge is 2.45. The molecule has 1 aromatic rings. The quantitative estimate of drug-likeness (QED) is 0.376. The van der Waals surface area contributed by atoms with Crippen LogP contribution in [0.2, 0.25) is 0 Å². The number of rotatable bonds is 4. The molecule has 47 heavy (non-hydrogen) atoms. The topological polar surface area (TPSA) is 92.3 Å². The molecule has 5 aliphatic heterocycles. The molecule has 244 valence electrons. The second-order valence-corrected chi connectivity index (χ2v) is 13.8. The van der Waals surface area contributed by atoms with Crippen LogP contribution >= 0.6 is 11.3 Å². The van der Waals surface area contributed by atoms with Gasteiger partial charge in [0.15, 0.2) is 57.6 Å². The van der Waals surface area contributed by atoms with E-state index in [0.29, 0.717) is 85.3 Å². The summed E-state index contributed by atoms with van der Waals surface area (Å²) in [5, 5.41) is 0. The first-order valence-corrected chi connectivity index (χ1v) is 17.2. The molecular weight excluding hydrogens is 624 g/mol. The van der Waals surface area contributed by atoms with E-state index >= 15 is 0 Å². The fraction of sp³-hybridized carbons (Fsp3) is 0.444. The molecule has 0 spiro atoms. The Kier molecular flexibility index (Phi) is 6.23. The van der Waals surface area contributed by atoms with Gasteiger partial charge in [0.1, 0.15) is 66.1 Å². The third-order valence-corrected chi connectivity index (χ3v) is 11.0. The maximum absolute atomic E-state index is 6.43. The highest BCUT2D eigenvalue weighted by molar-refractivity contribution is 7.13. The van der Waals surface area contributed by atoms with Gasteiger partial charge < -0.3 is 47.4 Å². The highest BCUT2D eigenvalue weighted by atomic mass is 32.1. The summed E-state index contributed by atoms with van der Waals surface area (Å²) >= 11 is 1.68. The molecule has 0 radical (unpaired) electrons. The van der Waals surface area contributed by atoms with Crippen molar-refractivity contribution in [1.29, 1.82) is 0 Å². The summed E-state index contributed by atoms with van der Waals surface area (Å²) in [7, 11) is 0. The molecule has 4 saturated heterocycles. The Morgan fingerprint density at radius 3 is 1.13 bits per heavy atom. The summed E-state index contributed by atoms with van der Waals surface area (Å²) in [6, 6.07) is 0. The largest absolute Gasteiger partial charge is 0.486 e. The molecule has 0 saturated carbocycles. The van der Waals surface area contributed by atoms with Crippen LogP contribution in [-0.4, -0.2) is 66.1 Å². The van der Waals surface area contributed by atoms with E-state index in [1.807, 2.05) is 0 Å². The molecule has 0 amide bonds. The number of fused-ring (bicyclic) bond motifs is 5. The van der Waals surface area contributed by atoms with Crippen molar-refractivity contribution < 1.29 is 47.4 Å². The Labute approximate surface area is 275 Å². The van der Waals surface area contributed by atoms with Gasteiger partial charge in [0, 0.05) is 69.6 Å². The number of aryl methyl sites for hydroxylation is 1. The van der Waals surface area contributed by atoms with Gasteiger partial charge in [-0.1, -0.05) is 0 Å². The average molecular weight is 659 g/mol. The van der Waals surface area contributed by atoms with Crippen LogP contribution in [0.25, 0.3) is 5.57 Å². The molecule has 10 nitrogen and oxygen atoms in total. The first kappa shape index (κ1) is 27.7. The van der Waals surface area contributed by atoms with Crippen LogP contribution in [0.15, 0.2) is 85.1 Å². The standard InChI is InChI=1S/C36H34O10S/c1-17-13-19(28-26(17)37-3-5-39-28)20-14-21(30-29(20)40-6-7-41-30)22-15-23(32-31(22)42-8-9-43-32)24-16-25(34-33(24)44-10-11-45-34)36-35-27(18(2)47-36)38-4-12-46-35/h3-16H2,1-2H3. The first-order valence-electron chi connectivity index (χ1n) is 16.4. The minimum absolute atomic E-state index is 0.479. The van der Waals surface area contributed by atoms with Crippen molar-refractivity contribution in [2.45, 2.75) is 39.5 Å². The zero-order valence-electron chi connectivity index (χ0n) is 26.4. The van der Waals surface area contributed by atoms with Gasteiger partial charge in [0.2, 0.25) is 0 Å². The lowest BCUT2D eigenvalue weighted by Gasteiger charge is -2.23. The molecular formula is C36H34O10S. The molecule has 0 aromatic carbocycles. The van der Waals surface area contributed by atoms with Crippen LogP contribution < -0.4 is 9.47 Å². The maximum atomic E-state index is 6.43. The number of hydrogen-bond donors (Lipinski definition) is 0. The van der Waals surface area contributed by atoms with Crippen LogP contribution in [-0.2, 0) is 37.9 Å². The predicted octanol–water partition coefficient (Wildman–Crippen LogP) is 6.14. The van der Waals surface area contributed by atoms with E-state index in [1.165, 1.54) is 5.57 Å². The summed E-state index contributed by atoms with van der Waals surface area (Å²) in [5.74, 6) is 8.05. The second kappa shape index (κ2) is 10.6. The summed E-state index contributed by atoms with van der Waals surface area (Å²) in [4.78, 5) is 2.13. The molecule has 1 aromatic heterocycles. The van der Waals surface area contributed by atoms with Crippen molar-refractivity contribution in [3.05, 3.63) is 94.8 Å². The SMILES string of the molecule is CC1=C2OCCOC2=C(C2=C3OCCOC3=C(C3=C4OCCOC4=C(C4=C5OCCOC5=C(c5sc(C)c6c5OCCO6)C4)C3)C2)C1. The molecule has 0 unspecified atom stereocenters. The Hall–Kier alpha value is -4.38. The number of ether oxygens (including phenoxy) is 10. The van der Waals surface area contributed by atoms with Gasteiger partial charge in [-0.15, -0.1) is 11.3 Å². The van der Waals surface area contributed by atoms with Crippen LogP contribution in [0.1, 0.15) is 42.4 Å². The van der Waals surface area contributed by atoms with Gasteiger partial charge in [-0.3, -0.25) is 0 Å². The molecule has 10 rings (SSSR count). The molecule has 6 heterocycles.